The first-order valence-corrected chi connectivity index (χ1v) is 17.1. The molecule has 2 aliphatic rings. The zero-order chi connectivity index (χ0) is 34.8. The van der Waals surface area contributed by atoms with Gasteiger partial charge in [0.15, 0.2) is 12.6 Å². The zero-order valence-corrected chi connectivity index (χ0v) is 27.8. The van der Waals surface area contributed by atoms with Gasteiger partial charge in [0, 0.05) is 6.42 Å². The molecular formula is C33H59NO13. The van der Waals surface area contributed by atoms with Crippen molar-refractivity contribution in [1.29, 1.82) is 0 Å². The van der Waals surface area contributed by atoms with Crippen LogP contribution in [-0.2, 0) is 23.7 Å². The topological polar surface area (TPSA) is 228 Å². The predicted molar refractivity (Wildman–Crippen MR) is 171 cm³/mol. The van der Waals surface area contributed by atoms with E-state index in [1.165, 1.54) is 0 Å². The molecule has 0 aromatic heterocycles. The number of unbranched alkanes of at least 4 members (excludes halogenated alkanes) is 7. The molecule has 274 valence electrons. The van der Waals surface area contributed by atoms with Gasteiger partial charge in [-0.1, -0.05) is 76.7 Å². The molecule has 2 saturated heterocycles. The van der Waals surface area contributed by atoms with Gasteiger partial charge >= 0.3 is 0 Å². The third-order valence-electron chi connectivity index (χ3n) is 8.37. The van der Waals surface area contributed by atoms with Crippen molar-refractivity contribution in [2.45, 2.75) is 158 Å². The van der Waals surface area contributed by atoms with E-state index in [2.05, 4.69) is 31.3 Å². The second-order valence-electron chi connectivity index (χ2n) is 12.3. The minimum atomic E-state index is -1.78. The highest BCUT2D eigenvalue weighted by atomic mass is 16.7. The van der Waals surface area contributed by atoms with Crippen molar-refractivity contribution in [2.24, 2.45) is 0 Å². The van der Waals surface area contributed by atoms with E-state index in [0.717, 1.165) is 51.4 Å². The summed E-state index contributed by atoms with van der Waals surface area (Å²) in [5.41, 5.74) is 0. The van der Waals surface area contributed by atoms with Crippen LogP contribution in [0.4, 0.5) is 0 Å². The third kappa shape index (κ3) is 13.7. The van der Waals surface area contributed by atoms with Gasteiger partial charge in [-0.25, -0.2) is 0 Å². The van der Waals surface area contributed by atoms with Crippen molar-refractivity contribution in [1.82, 2.24) is 5.32 Å². The predicted octanol–water partition coefficient (Wildman–Crippen LogP) is -0.0839. The van der Waals surface area contributed by atoms with Crippen LogP contribution in [0.5, 0.6) is 0 Å². The summed E-state index contributed by atoms with van der Waals surface area (Å²) in [4.78, 5) is 12.8. The molecule has 12 atom stereocenters. The van der Waals surface area contributed by atoms with Crippen molar-refractivity contribution in [3.8, 4) is 0 Å². The monoisotopic (exact) mass is 677 g/mol. The van der Waals surface area contributed by atoms with Gasteiger partial charge in [-0.3, -0.25) is 4.79 Å². The van der Waals surface area contributed by atoms with E-state index in [1.807, 2.05) is 6.08 Å². The molecule has 12 unspecified atom stereocenters. The van der Waals surface area contributed by atoms with Crippen LogP contribution in [-0.4, -0.2) is 140 Å². The van der Waals surface area contributed by atoms with Crippen molar-refractivity contribution < 1.29 is 64.6 Å². The number of amides is 1. The molecule has 2 fully saturated rings. The maximum absolute atomic E-state index is 12.8. The molecule has 0 aromatic carbocycles. The van der Waals surface area contributed by atoms with E-state index in [-0.39, 0.29) is 18.9 Å². The normalized spacial score (nSPS) is 33.0. The number of hydrogen-bond acceptors (Lipinski definition) is 13. The van der Waals surface area contributed by atoms with Crippen molar-refractivity contribution >= 4 is 5.91 Å². The van der Waals surface area contributed by atoms with Crippen LogP contribution in [0.15, 0.2) is 24.3 Å². The van der Waals surface area contributed by atoms with Crippen LogP contribution in [0.1, 0.15) is 84.5 Å². The van der Waals surface area contributed by atoms with Gasteiger partial charge in [0.1, 0.15) is 48.8 Å². The van der Waals surface area contributed by atoms with E-state index >= 15 is 0 Å². The van der Waals surface area contributed by atoms with Gasteiger partial charge in [-0.2, -0.15) is 0 Å². The Bertz CT molecular complexity index is 904. The van der Waals surface area contributed by atoms with Crippen LogP contribution < -0.4 is 5.32 Å². The van der Waals surface area contributed by atoms with Gasteiger partial charge in [-0.05, 0) is 25.7 Å². The van der Waals surface area contributed by atoms with Gasteiger partial charge in [0.2, 0.25) is 5.91 Å². The molecule has 1 amide bonds. The SMILES string of the molecule is CCC/C=C/CC/C=C/C(O)C(COC1OC(CO)C(OC2OC(CO)C(O)C(O)C2O)C(O)C1O)NC(=O)CCCCCCCC. The van der Waals surface area contributed by atoms with Crippen molar-refractivity contribution in [2.75, 3.05) is 19.8 Å². The average molecular weight is 678 g/mol. The lowest BCUT2D eigenvalue weighted by Gasteiger charge is -2.46. The molecule has 2 aliphatic heterocycles. The lowest BCUT2D eigenvalue weighted by molar-refractivity contribution is -0.359. The highest BCUT2D eigenvalue weighted by Gasteiger charge is 2.50. The smallest absolute Gasteiger partial charge is 0.220 e. The zero-order valence-electron chi connectivity index (χ0n) is 27.8. The van der Waals surface area contributed by atoms with Crippen LogP contribution in [0.2, 0.25) is 0 Å². The molecule has 47 heavy (non-hydrogen) atoms. The Morgan fingerprint density at radius 1 is 0.745 bits per heavy atom. The standard InChI is InChI=1S/C33H59NO13/c1-3-5-7-9-11-12-14-16-22(37)21(34-25(38)17-15-13-10-8-6-4-2)20-44-32-30(43)28(41)31(24(19-36)46-32)47-33-29(42)27(40)26(39)23(18-35)45-33/h7,9,14,16,21-24,26-33,35-37,39-43H,3-6,8,10-13,15,17-20H2,1-2H3,(H,34,38)/b9-7+,16-14+. The van der Waals surface area contributed by atoms with E-state index < -0.39 is 86.8 Å². The maximum atomic E-state index is 12.8. The van der Waals surface area contributed by atoms with Gasteiger partial charge in [0.25, 0.3) is 0 Å². The number of rotatable bonds is 22. The molecule has 0 radical (unpaired) electrons. The molecule has 0 bridgehead atoms. The van der Waals surface area contributed by atoms with Crippen molar-refractivity contribution in [3.63, 3.8) is 0 Å². The number of aliphatic hydroxyl groups excluding tert-OH is 8. The van der Waals surface area contributed by atoms with Crippen LogP contribution in [0, 0.1) is 0 Å². The van der Waals surface area contributed by atoms with E-state index in [9.17, 15) is 45.6 Å². The van der Waals surface area contributed by atoms with Crippen LogP contribution >= 0.6 is 0 Å². The number of ether oxygens (including phenoxy) is 4. The average Bonchev–Trinajstić information content (AvgIpc) is 3.06. The first-order chi connectivity index (χ1) is 22.6. The molecule has 2 heterocycles. The molecule has 0 saturated carbocycles. The third-order valence-corrected chi connectivity index (χ3v) is 8.37. The number of carbonyl (C=O) groups excluding carboxylic acids is 1. The minimum Gasteiger partial charge on any atom is -0.394 e. The maximum Gasteiger partial charge on any atom is 0.220 e. The van der Waals surface area contributed by atoms with E-state index in [0.29, 0.717) is 12.8 Å². The second-order valence-corrected chi connectivity index (χ2v) is 12.3. The highest BCUT2D eigenvalue weighted by Crippen LogP contribution is 2.29. The summed E-state index contributed by atoms with van der Waals surface area (Å²) < 4.78 is 22.3. The number of aliphatic hydroxyl groups is 8. The Kier molecular flexibility index (Phi) is 20.4. The Labute approximate surface area is 278 Å². The summed E-state index contributed by atoms with van der Waals surface area (Å²) in [7, 11) is 0. The van der Waals surface area contributed by atoms with Gasteiger partial charge in [-0.15, -0.1) is 0 Å². The highest BCUT2D eigenvalue weighted by molar-refractivity contribution is 5.76. The summed E-state index contributed by atoms with van der Waals surface area (Å²) in [6.45, 7) is 2.50. The van der Waals surface area contributed by atoms with Gasteiger partial charge in [0.05, 0.1) is 32.0 Å². The summed E-state index contributed by atoms with van der Waals surface area (Å²) in [5, 5.41) is 85.3. The molecule has 2 rings (SSSR count). The Morgan fingerprint density at radius 3 is 2.04 bits per heavy atom. The molecule has 0 spiro atoms. The summed E-state index contributed by atoms with van der Waals surface area (Å²) in [6.07, 6.45) is 0.409. The Hall–Kier alpha value is -1.53. The summed E-state index contributed by atoms with van der Waals surface area (Å²) in [6, 6.07) is -0.918. The molecule has 14 nitrogen and oxygen atoms in total. The lowest BCUT2D eigenvalue weighted by atomic mass is 9.97. The molecule has 0 aromatic rings. The fraction of sp³-hybridized carbons (Fsp3) is 0.848. The quantitative estimate of drug-likeness (QED) is 0.0540. The van der Waals surface area contributed by atoms with Crippen LogP contribution in [0.3, 0.4) is 0 Å². The van der Waals surface area contributed by atoms with Crippen LogP contribution in [0.25, 0.3) is 0 Å². The minimum absolute atomic E-state index is 0.268. The van der Waals surface area contributed by atoms with Gasteiger partial charge < -0.3 is 65.1 Å². The molecule has 9 N–H and O–H groups in total. The number of carbonyl (C=O) groups is 1. The second kappa shape index (κ2) is 23.0. The Morgan fingerprint density at radius 2 is 1.36 bits per heavy atom. The first kappa shape index (κ1) is 41.6. The fourth-order valence-corrected chi connectivity index (χ4v) is 5.43. The number of hydrogen-bond donors (Lipinski definition) is 9. The largest absolute Gasteiger partial charge is 0.394 e. The van der Waals surface area contributed by atoms with E-state index in [4.69, 9.17) is 18.9 Å². The number of allylic oxidation sites excluding steroid dienone is 3. The molecule has 0 aliphatic carbocycles. The summed E-state index contributed by atoms with van der Waals surface area (Å²) >= 11 is 0. The lowest BCUT2D eigenvalue weighted by Crippen LogP contribution is -2.65. The molecular weight excluding hydrogens is 618 g/mol. The first-order valence-electron chi connectivity index (χ1n) is 17.1. The Balaban J connectivity index is 2.04. The van der Waals surface area contributed by atoms with Crippen molar-refractivity contribution in [3.05, 3.63) is 24.3 Å². The fourth-order valence-electron chi connectivity index (χ4n) is 5.43. The van der Waals surface area contributed by atoms with E-state index in [1.54, 1.807) is 6.08 Å². The summed E-state index contributed by atoms with van der Waals surface area (Å²) in [5.74, 6) is -0.268. The number of nitrogens with one attached hydrogen (secondary N) is 1. The molecule has 14 heteroatoms.